The zero-order valence-electron chi connectivity index (χ0n) is 9.03. The molecule has 3 nitrogen and oxygen atoms in total. The van der Waals surface area contributed by atoms with Crippen LogP contribution in [0.4, 0.5) is 5.69 Å². The van der Waals surface area contributed by atoms with Crippen LogP contribution < -0.4 is 10.5 Å². The van der Waals surface area contributed by atoms with E-state index in [1.165, 1.54) is 12.8 Å². The number of hydrogen-bond donors (Lipinski definition) is 1. The van der Waals surface area contributed by atoms with Gasteiger partial charge in [-0.05, 0) is 37.8 Å². The Kier molecular flexibility index (Phi) is 3.11. The minimum atomic E-state index is 0.320. The van der Waals surface area contributed by atoms with Gasteiger partial charge < -0.3 is 15.2 Å². The second kappa shape index (κ2) is 4.53. The standard InChI is InChI=1S/C12H17NO2/c1-9-11(13)3-2-4-12(9)15-8-14-7-10-5-6-10/h2-4,10H,5-8,13H2,1H3. The molecule has 0 heterocycles. The van der Waals surface area contributed by atoms with Crippen LogP contribution in [-0.4, -0.2) is 13.4 Å². The summed E-state index contributed by atoms with van der Waals surface area (Å²) in [4.78, 5) is 0. The molecular formula is C12H17NO2. The van der Waals surface area contributed by atoms with E-state index in [-0.39, 0.29) is 0 Å². The summed E-state index contributed by atoms with van der Waals surface area (Å²) in [6.07, 6.45) is 2.61. The van der Waals surface area contributed by atoms with E-state index >= 15 is 0 Å². The number of rotatable bonds is 5. The number of benzene rings is 1. The van der Waals surface area contributed by atoms with Crippen molar-refractivity contribution in [3.8, 4) is 5.75 Å². The predicted molar refractivity (Wildman–Crippen MR) is 59.8 cm³/mol. The average Bonchev–Trinajstić information content (AvgIpc) is 3.02. The van der Waals surface area contributed by atoms with Gasteiger partial charge in [-0.25, -0.2) is 0 Å². The molecule has 0 amide bonds. The Bertz CT molecular complexity index is 334. The van der Waals surface area contributed by atoms with Gasteiger partial charge in [-0.3, -0.25) is 0 Å². The average molecular weight is 207 g/mol. The monoisotopic (exact) mass is 207 g/mol. The van der Waals surface area contributed by atoms with Crippen molar-refractivity contribution in [3.63, 3.8) is 0 Å². The molecule has 1 aliphatic carbocycles. The van der Waals surface area contributed by atoms with Crippen molar-refractivity contribution in [1.82, 2.24) is 0 Å². The van der Waals surface area contributed by atoms with Gasteiger partial charge in [0, 0.05) is 11.3 Å². The summed E-state index contributed by atoms with van der Waals surface area (Å²) in [5.74, 6) is 1.58. The second-order valence-corrected chi connectivity index (χ2v) is 4.05. The summed E-state index contributed by atoms with van der Waals surface area (Å²) in [6, 6.07) is 5.66. The minimum absolute atomic E-state index is 0.320. The lowest BCUT2D eigenvalue weighted by Gasteiger charge is -2.10. The summed E-state index contributed by atoms with van der Waals surface area (Å²) in [5, 5.41) is 0. The maximum absolute atomic E-state index is 5.76. The van der Waals surface area contributed by atoms with E-state index in [1.54, 1.807) is 0 Å². The molecule has 3 heteroatoms. The van der Waals surface area contributed by atoms with Crippen LogP contribution in [0, 0.1) is 12.8 Å². The highest BCUT2D eigenvalue weighted by molar-refractivity contribution is 5.53. The van der Waals surface area contributed by atoms with Crippen molar-refractivity contribution in [2.75, 3.05) is 19.1 Å². The van der Waals surface area contributed by atoms with Crippen molar-refractivity contribution in [2.24, 2.45) is 5.92 Å². The highest BCUT2D eigenvalue weighted by Crippen LogP contribution is 2.29. The SMILES string of the molecule is Cc1c(N)cccc1OCOCC1CC1. The Morgan fingerprint density at radius 2 is 2.20 bits per heavy atom. The molecular weight excluding hydrogens is 190 g/mol. The van der Waals surface area contributed by atoms with Gasteiger partial charge in [0.2, 0.25) is 0 Å². The first kappa shape index (κ1) is 10.3. The van der Waals surface area contributed by atoms with Gasteiger partial charge in [-0.2, -0.15) is 0 Å². The zero-order chi connectivity index (χ0) is 10.7. The molecule has 0 saturated heterocycles. The van der Waals surface area contributed by atoms with Crippen molar-refractivity contribution in [2.45, 2.75) is 19.8 Å². The Labute approximate surface area is 90.2 Å². The molecule has 0 unspecified atom stereocenters. The molecule has 0 bridgehead atoms. The van der Waals surface area contributed by atoms with Gasteiger partial charge in [-0.15, -0.1) is 0 Å². The van der Waals surface area contributed by atoms with Crippen LogP contribution >= 0.6 is 0 Å². The van der Waals surface area contributed by atoms with Crippen molar-refractivity contribution in [3.05, 3.63) is 23.8 Å². The Morgan fingerprint density at radius 3 is 2.93 bits per heavy atom. The fourth-order valence-corrected chi connectivity index (χ4v) is 1.39. The molecule has 1 saturated carbocycles. The topological polar surface area (TPSA) is 44.5 Å². The zero-order valence-corrected chi connectivity index (χ0v) is 9.03. The van der Waals surface area contributed by atoms with Crippen molar-refractivity contribution >= 4 is 5.69 Å². The van der Waals surface area contributed by atoms with E-state index in [9.17, 15) is 0 Å². The lowest BCUT2D eigenvalue weighted by Crippen LogP contribution is -2.06. The third-order valence-electron chi connectivity index (χ3n) is 2.67. The third kappa shape index (κ3) is 2.86. The van der Waals surface area contributed by atoms with E-state index in [2.05, 4.69) is 0 Å². The first-order chi connectivity index (χ1) is 7.27. The Hall–Kier alpha value is -1.22. The highest BCUT2D eigenvalue weighted by Gasteiger charge is 2.21. The van der Waals surface area contributed by atoms with Gasteiger partial charge in [0.1, 0.15) is 5.75 Å². The maximum Gasteiger partial charge on any atom is 0.189 e. The smallest absolute Gasteiger partial charge is 0.189 e. The molecule has 0 aliphatic heterocycles. The number of nitrogen functional groups attached to an aromatic ring is 1. The van der Waals surface area contributed by atoms with Crippen LogP contribution in [0.25, 0.3) is 0 Å². The van der Waals surface area contributed by atoms with E-state index < -0.39 is 0 Å². The number of hydrogen-bond acceptors (Lipinski definition) is 3. The Morgan fingerprint density at radius 1 is 1.40 bits per heavy atom. The normalized spacial score (nSPS) is 15.3. The lowest BCUT2D eigenvalue weighted by atomic mass is 10.2. The molecule has 1 fully saturated rings. The quantitative estimate of drug-likeness (QED) is 0.458. The summed E-state index contributed by atoms with van der Waals surface area (Å²) in [5.41, 5.74) is 7.50. The molecule has 0 atom stereocenters. The summed E-state index contributed by atoms with van der Waals surface area (Å²) < 4.78 is 10.9. The lowest BCUT2D eigenvalue weighted by molar-refractivity contribution is 0.00966. The largest absolute Gasteiger partial charge is 0.467 e. The van der Waals surface area contributed by atoms with Gasteiger partial charge >= 0.3 is 0 Å². The Balaban J connectivity index is 1.78. The van der Waals surface area contributed by atoms with Crippen LogP contribution in [0.5, 0.6) is 5.75 Å². The van der Waals surface area contributed by atoms with E-state index in [4.69, 9.17) is 15.2 Å². The van der Waals surface area contributed by atoms with Crippen LogP contribution in [0.3, 0.4) is 0 Å². The number of ether oxygens (including phenoxy) is 2. The van der Waals surface area contributed by atoms with Gasteiger partial charge in [0.05, 0.1) is 6.61 Å². The van der Waals surface area contributed by atoms with Gasteiger partial charge in [-0.1, -0.05) is 6.07 Å². The molecule has 2 N–H and O–H groups in total. The fourth-order valence-electron chi connectivity index (χ4n) is 1.39. The van der Waals surface area contributed by atoms with Crippen LogP contribution in [0.15, 0.2) is 18.2 Å². The van der Waals surface area contributed by atoms with Gasteiger partial charge in [0.15, 0.2) is 6.79 Å². The molecule has 1 aliphatic rings. The summed E-state index contributed by atoms with van der Waals surface area (Å²) in [6.45, 7) is 3.09. The molecule has 0 spiro atoms. The van der Waals surface area contributed by atoms with E-state index in [0.29, 0.717) is 6.79 Å². The summed E-state index contributed by atoms with van der Waals surface area (Å²) in [7, 11) is 0. The molecule has 2 rings (SSSR count). The second-order valence-electron chi connectivity index (χ2n) is 4.05. The first-order valence-electron chi connectivity index (χ1n) is 5.33. The van der Waals surface area contributed by atoms with Crippen molar-refractivity contribution < 1.29 is 9.47 Å². The summed E-state index contributed by atoms with van der Waals surface area (Å²) >= 11 is 0. The molecule has 82 valence electrons. The molecule has 0 radical (unpaired) electrons. The van der Waals surface area contributed by atoms with Crippen LogP contribution in [-0.2, 0) is 4.74 Å². The molecule has 15 heavy (non-hydrogen) atoms. The molecule has 1 aromatic carbocycles. The third-order valence-corrected chi connectivity index (χ3v) is 2.67. The van der Waals surface area contributed by atoms with Crippen molar-refractivity contribution in [1.29, 1.82) is 0 Å². The molecule has 0 aromatic heterocycles. The maximum atomic E-state index is 5.76. The first-order valence-corrected chi connectivity index (χ1v) is 5.33. The fraction of sp³-hybridized carbons (Fsp3) is 0.500. The number of anilines is 1. The predicted octanol–water partition coefficient (Wildman–Crippen LogP) is 2.34. The minimum Gasteiger partial charge on any atom is -0.467 e. The molecule has 1 aromatic rings. The van der Waals surface area contributed by atoms with Crippen LogP contribution in [0.1, 0.15) is 18.4 Å². The van der Waals surface area contributed by atoms with Crippen LogP contribution in [0.2, 0.25) is 0 Å². The highest BCUT2D eigenvalue weighted by atomic mass is 16.7. The number of nitrogens with two attached hydrogens (primary N) is 1. The van der Waals surface area contributed by atoms with Gasteiger partial charge in [0.25, 0.3) is 0 Å². The van der Waals surface area contributed by atoms with E-state index in [1.807, 2.05) is 25.1 Å². The van der Waals surface area contributed by atoms with E-state index in [0.717, 1.165) is 29.5 Å².